The third-order valence-corrected chi connectivity index (χ3v) is 7.10. The van der Waals surface area contributed by atoms with E-state index in [0.29, 0.717) is 31.7 Å². The Balaban J connectivity index is 1.79. The number of hydrogen-bond acceptors (Lipinski definition) is 8. The summed E-state index contributed by atoms with van der Waals surface area (Å²) in [5.74, 6) is -0.625. The highest BCUT2D eigenvalue weighted by Gasteiger charge is 2.32. The number of non-ortho nitro benzene ring substituents is 1. The van der Waals surface area contributed by atoms with E-state index in [1.807, 2.05) is 6.07 Å². The number of nitrogens with one attached hydrogen (secondary N) is 1. The molecule has 1 aromatic heterocycles. The zero-order valence-electron chi connectivity index (χ0n) is 21.2. The van der Waals surface area contributed by atoms with Gasteiger partial charge >= 0.3 is 12.1 Å². The van der Waals surface area contributed by atoms with Gasteiger partial charge in [0.15, 0.2) is 0 Å². The van der Waals surface area contributed by atoms with E-state index < -0.39 is 22.7 Å². The number of thiophene rings is 1. The summed E-state index contributed by atoms with van der Waals surface area (Å²) in [7, 11) is 0. The molecule has 0 saturated heterocycles. The van der Waals surface area contributed by atoms with Crippen molar-refractivity contribution in [2.24, 2.45) is 0 Å². The summed E-state index contributed by atoms with van der Waals surface area (Å²) in [6.07, 6.45) is 0.0667. The highest BCUT2D eigenvalue weighted by Crippen LogP contribution is 2.30. The van der Waals surface area contributed by atoms with Gasteiger partial charge in [0.05, 0.1) is 23.0 Å². The Labute approximate surface area is 224 Å². The first-order chi connectivity index (χ1) is 17.4. The number of nitrogens with zero attached hydrogens (tertiary/aromatic N) is 2. The Morgan fingerprint density at radius 2 is 2.00 bits per heavy atom. The number of halogens is 1. The predicted molar refractivity (Wildman–Crippen MR) is 139 cm³/mol. The number of esters is 1. The Kier molecular flexibility index (Phi) is 9.14. The molecule has 2 amide bonds. The number of hydrogen-bond donors (Lipinski definition) is 1. The Hall–Kier alpha value is -3.18. The van der Waals surface area contributed by atoms with Gasteiger partial charge in [0, 0.05) is 41.4 Å². The molecule has 3 rings (SSSR count). The van der Waals surface area contributed by atoms with Crippen LogP contribution in [0.4, 0.5) is 10.5 Å². The molecule has 0 saturated carbocycles. The Morgan fingerprint density at radius 1 is 1.27 bits per heavy atom. The summed E-state index contributed by atoms with van der Waals surface area (Å²) in [4.78, 5) is 52.2. The molecule has 0 unspecified atom stereocenters. The van der Waals surface area contributed by atoms with E-state index in [2.05, 4.69) is 5.32 Å². The minimum atomic E-state index is -1.01. The van der Waals surface area contributed by atoms with Gasteiger partial charge in [-0.15, -0.1) is 11.3 Å². The molecule has 0 aliphatic carbocycles. The maximum absolute atomic E-state index is 13.6. The fourth-order valence-corrected chi connectivity index (χ4v) is 5.34. The molecule has 12 heteroatoms. The number of fused-ring (bicyclic) bond motifs is 1. The summed E-state index contributed by atoms with van der Waals surface area (Å²) in [5, 5.41) is 13.8. The molecule has 37 heavy (non-hydrogen) atoms. The van der Waals surface area contributed by atoms with Gasteiger partial charge in [-0.1, -0.05) is 17.7 Å². The van der Waals surface area contributed by atoms with E-state index in [0.717, 1.165) is 15.3 Å². The van der Waals surface area contributed by atoms with E-state index in [4.69, 9.17) is 21.1 Å². The number of amides is 2. The van der Waals surface area contributed by atoms with Gasteiger partial charge in [0.2, 0.25) is 5.91 Å². The van der Waals surface area contributed by atoms with Gasteiger partial charge in [0.25, 0.3) is 5.69 Å². The molecule has 1 atom stereocenters. The second-order valence-electron chi connectivity index (χ2n) is 9.59. The number of nitro benzene ring substituents is 1. The number of carbonyl (C=O) groups is 3. The number of nitro groups is 1. The summed E-state index contributed by atoms with van der Waals surface area (Å²) in [6.45, 7) is 7.98. The molecule has 1 N–H and O–H groups in total. The van der Waals surface area contributed by atoms with Crippen LogP contribution in [0.25, 0.3) is 0 Å². The average molecular weight is 552 g/mol. The molecule has 200 valence electrons. The molecular weight excluding hydrogens is 522 g/mol. The molecule has 1 aliphatic rings. The van der Waals surface area contributed by atoms with E-state index >= 15 is 0 Å². The molecular formula is C25H30ClN3O7S. The fourth-order valence-electron chi connectivity index (χ4n) is 3.93. The molecule has 0 bridgehead atoms. The highest BCUT2D eigenvalue weighted by molar-refractivity contribution is 7.12. The van der Waals surface area contributed by atoms with Crippen LogP contribution in [0.1, 0.15) is 48.6 Å². The normalized spacial score (nSPS) is 13.9. The standard InChI is InChI=1S/C25H30ClN3O7S/c1-5-35-22(30)13-18-10-16-14-28(9-8-21(16)37-18)23(31)20(27-24(32)36-25(2,3)4)11-15-6-7-17(29(33)34)12-19(15)26/h6-7,10,12,20H,5,8-9,11,13-14H2,1-4H3,(H,27,32)/t20-/m0/s1. The SMILES string of the molecule is CCOC(=O)Cc1cc2c(s1)CCN(C(=O)[C@H](Cc1ccc([N+](=O)[O-])cc1Cl)NC(=O)OC(C)(C)C)C2. The van der Waals surface area contributed by atoms with Gasteiger partial charge in [-0.2, -0.15) is 0 Å². The molecule has 2 aromatic rings. The third-order valence-electron chi connectivity index (χ3n) is 5.51. The highest BCUT2D eigenvalue weighted by atomic mass is 35.5. The van der Waals surface area contributed by atoms with Crippen LogP contribution in [0.5, 0.6) is 0 Å². The number of benzene rings is 1. The van der Waals surface area contributed by atoms with E-state index in [9.17, 15) is 24.5 Å². The second-order valence-corrected chi connectivity index (χ2v) is 11.2. The van der Waals surface area contributed by atoms with Crippen LogP contribution in [0.3, 0.4) is 0 Å². The van der Waals surface area contributed by atoms with Crippen molar-refractivity contribution in [2.75, 3.05) is 13.2 Å². The van der Waals surface area contributed by atoms with Gasteiger partial charge < -0.3 is 19.7 Å². The van der Waals surface area contributed by atoms with Gasteiger partial charge in [0.1, 0.15) is 11.6 Å². The van der Waals surface area contributed by atoms with E-state index in [-0.39, 0.29) is 35.4 Å². The Morgan fingerprint density at radius 3 is 2.62 bits per heavy atom. The smallest absolute Gasteiger partial charge is 0.408 e. The van der Waals surface area contributed by atoms with Crippen LogP contribution in [-0.2, 0) is 44.9 Å². The van der Waals surface area contributed by atoms with Crippen LogP contribution < -0.4 is 5.32 Å². The lowest BCUT2D eigenvalue weighted by Gasteiger charge is -2.31. The third kappa shape index (κ3) is 7.90. The van der Waals surface area contributed by atoms with Crippen LogP contribution in [0, 0.1) is 10.1 Å². The van der Waals surface area contributed by atoms with Crippen LogP contribution in [0.15, 0.2) is 24.3 Å². The number of ether oxygens (including phenoxy) is 2. The molecule has 1 aromatic carbocycles. The van der Waals surface area contributed by atoms with Crippen molar-refractivity contribution in [2.45, 2.75) is 65.1 Å². The molecule has 0 radical (unpaired) electrons. The quantitative estimate of drug-likeness (QED) is 0.292. The summed E-state index contributed by atoms with van der Waals surface area (Å²) >= 11 is 7.81. The maximum atomic E-state index is 13.6. The molecule has 10 nitrogen and oxygen atoms in total. The first-order valence-corrected chi connectivity index (χ1v) is 13.0. The monoisotopic (exact) mass is 551 g/mol. The molecule has 0 spiro atoms. The lowest BCUT2D eigenvalue weighted by atomic mass is 10.0. The van der Waals surface area contributed by atoms with Crippen LogP contribution >= 0.6 is 22.9 Å². The van der Waals surface area contributed by atoms with Gasteiger partial charge in [-0.05, 0) is 51.3 Å². The van der Waals surface area contributed by atoms with Crippen molar-refractivity contribution in [1.29, 1.82) is 0 Å². The van der Waals surface area contributed by atoms with Crippen molar-refractivity contribution >= 4 is 46.6 Å². The van der Waals surface area contributed by atoms with Crippen molar-refractivity contribution in [3.05, 3.63) is 60.3 Å². The van der Waals surface area contributed by atoms with Gasteiger partial charge in [-0.25, -0.2) is 4.79 Å². The van der Waals surface area contributed by atoms with Crippen LogP contribution in [-0.4, -0.2) is 52.6 Å². The van der Waals surface area contributed by atoms with Crippen molar-refractivity contribution in [3.8, 4) is 0 Å². The topological polar surface area (TPSA) is 128 Å². The summed E-state index contributed by atoms with van der Waals surface area (Å²) in [6, 6.07) is 4.91. The largest absolute Gasteiger partial charge is 0.466 e. The van der Waals surface area contributed by atoms with Crippen LogP contribution in [0.2, 0.25) is 5.02 Å². The first-order valence-electron chi connectivity index (χ1n) is 11.8. The average Bonchev–Trinajstić information content (AvgIpc) is 3.19. The number of alkyl carbamates (subject to hydrolysis) is 1. The second kappa shape index (κ2) is 11.9. The summed E-state index contributed by atoms with van der Waals surface area (Å²) in [5.41, 5.74) is 0.491. The van der Waals surface area contributed by atoms with Gasteiger partial charge in [-0.3, -0.25) is 19.7 Å². The lowest BCUT2D eigenvalue weighted by Crippen LogP contribution is -2.51. The van der Waals surface area contributed by atoms with Crippen molar-refractivity contribution in [1.82, 2.24) is 10.2 Å². The lowest BCUT2D eigenvalue weighted by molar-refractivity contribution is -0.384. The van der Waals surface area contributed by atoms with Crippen molar-refractivity contribution in [3.63, 3.8) is 0 Å². The van der Waals surface area contributed by atoms with Crippen molar-refractivity contribution < 1.29 is 28.8 Å². The molecule has 0 fully saturated rings. The molecule has 1 aliphatic heterocycles. The minimum absolute atomic E-state index is 0.0238. The zero-order valence-corrected chi connectivity index (χ0v) is 22.7. The Bertz CT molecular complexity index is 1190. The van der Waals surface area contributed by atoms with E-state index in [1.54, 1.807) is 32.6 Å². The zero-order chi connectivity index (χ0) is 27.3. The summed E-state index contributed by atoms with van der Waals surface area (Å²) < 4.78 is 10.4. The first kappa shape index (κ1) is 28.4. The minimum Gasteiger partial charge on any atom is -0.466 e. The predicted octanol–water partition coefficient (Wildman–Crippen LogP) is 4.44. The fraction of sp³-hybridized carbons (Fsp3) is 0.480. The molecule has 2 heterocycles. The maximum Gasteiger partial charge on any atom is 0.408 e. The van der Waals surface area contributed by atoms with E-state index in [1.165, 1.54) is 29.5 Å². The number of rotatable bonds is 8. The number of carbonyl (C=O) groups excluding carboxylic acids is 3.